The molecule has 1 heterocycles. The van der Waals surface area contributed by atoms with Gasteiger partial charge < -0.3 is 14.8 Å². The van der Waals surface area contributed by atoms with E-state index >= 15 is 0 Å². The number of carbonyl (C=O) groups excluding carboxylic acids is 1. The van der Waals surface area contributed by atoms with E-state index in [0.717, 1.165) is 5.56 Å². The lowest BCUT2D eigenvalue weighted by Crippen LogP contribution is -2.46. The van der Waals surface area contributed by atoms with E-state index in [9.17, 15) is 13.2 Å². The number of halogens is 1. The maximum Gasteiger partial charge on any atom is 0.246 e. The average molecular weight is 439 g/mol. The summed E-state index contributed by atoms with van der Waals surface area (Å²) in [4.78, 5) is 15.2. The molecule has 1 unspecified atom stereocenters. The number of hydrogen-bond acceptors (Lipinski definition) is 6. The molecule has 29 heavy (non-hydrogen) atoms. The van der Waals surface area contributed by atoms with Crippen molar-refractivity contribution in [2.24, 2.45) is 0 Å². The van der Waals surface area contributed by atoms with Crippen LogP contribution in [0.5, 0.6) is 11.5 Å². The number of nitrogens with one attached hydrogen (secondary N) is 1. The molecule has 0 aliphatic carbocycles. The highest BCUT2D eigenvalue weighted by molar-refractivity contribution is 7.91. The zero-order chi connectivity index (χ0) is 21.0. The van der Waals surface area contributed by atoms with Gasteiger partial charge >= 0.3 is 0 Å². The van der Waals surface area contributed by atoms with Crippen LogP contribution in [0.15, 0.2) is 42.5 Å². The Morgan fingerprint density at radius 2 is 1.69 bits per heavy atom. The molecule has 1 N–H and O–H groups in total. The van der Waals surface area contributed by atoms with E-state index in [4.69, 9.17) is 21.1 Å². The molecule has 0 saturated carbocycles. The number of benzene rings is 2. The van der Waals surface area contributed by atoms with Gasteiger partial charge in [0.2, 0.25) is 5.91 Å². The molecule has 1 aliphatic rings. The third-order valence-corrected chi connectivity index (χ3v) is 6.74. The summed E-state index contributed by atoms with van der Waals surface area (Å²) in [6.45, 7) is 0.576. The van der Waals surface area contributed by atoms with Crippen molar-refractivity contribution < 1.29 is 22.7 Å². The Morgan fingerprint density at radius 1 is 1.07 bits per heavy atom. The summed E-state index contributed by atoms with van der Waals surface area (Å²) in [5.74, 6) is 0.571. The van der Waals surface area contributed by atoms with E-state index in [2.05, 4.69) is 5.32 Å². The van der Waals surface area contributed by atoms with Crippen LogP contribution in [-0.2, 0) is 14.6 Å². The fourth-order valence-corrected chi connectivity index (χ4v) is 4.77. The lowest BCUT2D eigenvalue weighted by atomic mass is 10.0. The van der Waals surface area contributed by atoms with Gasteiger partial charge in [-0.2, -0.15) is 0 Å². The monoisotopic (exact) mass is 438 g/mol. The van der Waals surface area contributed by atoms with Crippen LogP contribution in [0.2, 0.25) is 5.02 Å². The van der Waals surface area contributed by atoms with E-state index in [-0.39, 0.29) is 30.5 Å². The van der Waals surface area contributed by atoms with Crippen LogP contribution >= 0.6 is 11.6 Å². The Hall–Kier alpha value is -2.29. The molecule has 9 heteroatoms. The quantitative estimate of drug-likeness (QED) is 0.746. The highest BCUT2D eigenvalue weighted by Gasteiger charge is 2.33. The molecule has 1 saturated heterocycles. The van der Waals surface area contributed by atoms with Gasteiger partial charge in [0.1, 0.15) is 17.5 Å². The van der Waals surface area contributed by atoms with E-state index < -0.39 is 15.9 Å². The standard InChI is InChI=1S/C20H23ClN2O5S/c1-27-17-13-16(18(28-2)12-15(17)21)22-20(24)19(14-6-4-3-5-7-14)23-8-10-29(25,26)11-9-23/h3-7,12-13,19H,8-11H2,1-2H3,(H,22,24). The van der Waals surface area contributed by atoms with Crippen molar-refractivity contribution in [1.29, 1.82) is 0 Å². The van der Waals surface area contributed by atoms with Crippen LogP contribution in [0, 0.1) is 0 Å². The molecule has 1 atom stereocenters. The molecule has 0 spiro atoms. The third-order valence-electron chi connectivity index (χ3n) is 4.84. The first kappa shape index (κ1) is 21.4. The third kappa shape index (κ3) is 5.01. The summed E-state index contributed by atoms with van der Waals surface area (Å²) in [6, 6.07) is 11.8. The molecule has 0 radical (unpaired) electrons. The predicted molar refractivity (Wildman–Crippen MR) is 113 cm³/mol. The first-order valence-electron chi connectivity index (χ1n) is 9.06. The van der Waals surface area contributed by atoms with Gasteiger partial charge in [-0.05, 0) is 5.56 Å². The van der Waals surface area contributed by atoms with E-state index in [1.54, 1.807) is 12.1 Å². The molecule has 2 aromatic rings. The number of carbonyl (C=O) groups is 1. The number of methoxy groups -OCH3 is 2. The summed E-state index contributed by atoms with van der Waals surface area (Å²) in [5, 5.41) is 3.25. The minimum absolute atomic E-state index is 0.0295. The summed E-state index contributed by atoms with van der Waals surface area (Å²) >= 11 is 6.14. The molecule has 7 nitrogen and oxygen atoms in total. The van der Waals surface area contributed by atoms with Crippen LogP contribution in [-0.4, -0.2) is 58.0 Å². The average Bonchev–Trinajstić information content (AvgIpc) is 2.71. The highest BCUT2D eigenvalue weighted by atomic mass is 35.5. The summed E-state index contributed by atoms with van der Waals surface area (Å²) < 4.78 is 34.2. The molecule has 2 aromatic carbocycles. The fourth-order valence-electron chi connectivity index (χ4n) is 3.31. The van der Waals surface area contributed by atoms with Crippen molar-refractivity contribution in [3.63, 3.8) is 0 Å². The largest absolute Gasteiger partial charge is 0.495 e. The van der Waals surface area contributed by atoms with Crippen molar-refractivity contribution in [2.45, 2.75) is 6.04 Å². The Labute approximate surface area is 175 Å². The van der Waals surface area contributed by atoms with E-state index in [1.165, 1.54) is 14.2 Å². The molecule has 0 bridgehead atoms. The second-order valence-corrected chi connectivity index (χ2v) is 9.39. The topological polar surface area (TPSA) is 84.9 Å². The van der Waals surface area contributed by atoms with Crippen LogP contribution in [0.25, 0.3) is 0 Å². The second kappa shape index (κ2) is 9.02. The Kier molecular flexibility index (Phi) is 6.66. The Morgan fingerprint density at radius 3 is 2.28 bits per heavy atom. The van der Waals surface area contributed by atoms with Gasteiger partial charge in [0.05, 0.1) is 36.4 Å². The van der Waals surface area contributed by atoms with Gasteiger partial charge in [-0.1, -0.05) is 41.9 Å². The number of rotatable bonds is 6. The lowest BCUT2D eigenvalue weighted by molar-refractivity contribution is -0.121. The lowest BCUT2D eigenvalue weighted by Gasteiger charge is -2.33. The molecule has 156 valence electrons. The SMILES string of the molecule is COc1cc(NC(=O)C(c2ccccc2)N2CCS(=O)(=O)CC2)c(OC)cc1Cl. The molecule has 3 rings (SSSR count). The highest BCUT2D eigenvalue weighted by Crippen LogP contribution is 2.36. The van der Waals surface area contributed by atoms with Crippen molar-refractivity contribution in [3.8, 4) is 11.5 Å². The summed E-state index contributed by atoms with van der Waals surface area (Å²) in [6.07, 6.45) is 0. The molecule has 1 amide bonds. The predicted octanol–water partition coefficient (Wildman–Crippen LogP) is 2.77. The van der Waals surface area contributed by atoms with Gasteiger partial charge in [-0.15, -0.1) is 0 Å². The Bertz CT molecular complexity index is 968. The molecule has 1 fully saturated rings. The first-order valence-corrected chi connectivity index (χ1v) is 11.3. The zero-order valence-electron chi connectivity index (χ0n) is 16.2. The molecule has 0 aromatic heterocycles. The first-order chi connectivity index (χ1) is 13.8. The number of amides is 1. The van der Waals surface area contributed by atoms with Gasteiger partial charge in [-0.25, -0.2) is 8.42 Å². The van der Waals surface area contributed by atoms with Crippen LogP contribution in [0.4, 0.5) is 5.69 Å². The molecule has 1 aliphatic heterocycles. The zero-order valence-corrected chi connectivity index (χ0v) is 17.8. The normalized spacial score (nSPS) is 17.3. The van der Waals surface area contributed by atoms with Gasteiger partial charge in [0.15, 0.2) is 9.84 Å². The Balaban J connectivity index is 1.92. The number of nitrogens with zero attached hydrogens (tertiary/aromatic N) is 1. The van der Waals surface area contributed by atoms with Gasteiger partial charge in [0, 0.05) is 25.2 Å². The minimum atomic E-state index is -3.06. The number of ether oxygens (including phenoxy) is 2. The summed E-state index contributed by atoms with van der Waals surface area (Å²) in [7, 11) is -0.0945. The second-order valence-electron chi connectivity index (χ2n) is 6.68. The molecular weight excluding hydrogens is 416 g/mol. The van der Waals surface area contributed by atoms with Crippen LogP contribution < -0.4 is 14.8 Å². The maximum atomic E-state index is 13.3. The maximum absolute atomic E-state index is 13.3. The van der Waals surface area contributed by atoms with Crippen molar-refractivity contribution in [1.82, 2.24) is 4.90 Å². The van der Waals surface area contributed by atoms with Gasteiger partial charge in [0.25, 0.3) is 0 Å². The van der Waals surface area contributed by atoms with Crippen LogP contribution in [0.1, 0.15) is 11.6 Å². The number of anilines is 1. The van der Waals surface area contributed by atoms with Gasteiger partial charge in [-0.3, -0.25) is 9.69 Å². The summed E-state index contributed by atoms with van der Waals surface area (Å²) in [5.41, 5.74) is 1.20. The molecular formula is C20H23ClN2O5S. The van der Waals surface area contributed by atoms with Crippen LogP contribution in [0.3, 0.4) is 0 Å². The van der Waals surface area contributed by atoms with Crippen molar-refractivity contribution in [2.75, 3.05) is 44.1 Å². The number of hydrogen-bond donors (Lipinski definition) is 1. The van der Waals surface area contributed by atoms with E-state index in [1.807, 2.05) is 35.2 Å². The minimum Gasteiger partial charge on any atom is -0.495 e. The van der Waals surface area contributed by atoms with Crippen molar-refractivity contribution >= 4 is 33.0 Å². The van der Waals surface area contributed by atoms with Crippen molar-refractivity contribution in [3.05, 3.63) is 53.1 Å². The van der Waals surface area contributed by atoms with E-state index in [0.29, 0.717) is 22.2 Å². The number of sulfone groups is 1. The fraction of sp³-hybridized carbons (Fsp3) is 0.350. The smallest absolute Gasteiger partial charge is 0.246 e.